The highest BCUT2D eigenvalue weighted by atomic mass is 16.5. The maximum atomic E-state index is 5.91. The van der Waals surface area contributed by atoms with Crippen LogP contribution in [0, 0.1) is 0 Å². The Bertz CT molecular complexity index is 1130. The van der Waals surface area contributed by atoms with Gasteiger partial charge in [0.25, 0.3) is 0 Å². The van der Waals surface area contributed by atoms with Crippen molar-refractivity contribution in [2.24, 2.45) is 0 Å². The van der Waals surface area contributed by atoms with Gasteiger partial charge in [0.05, 0.1) is 30.2 Å². The van der Waals surface area contributed by atoms with Gasteiger partial charge in [-0.2, -0.15) is 0 Å². The molecular weight excluding hydrogens is 352 g/mol. The smallest absolute Gasteiger partial charge is 0.227 e. The number of nitrogens with one attached hydrogen (secondary N) is 1. The Hall–Kier alpha value is -3.61. The van der Waals surface area contributed by atoms with Crippen molar-refractivity contribution < 1.29 is 4.74 Å². The minimum absolute atomic E-state index is 0.316. The number of benzene rings is 1. The van der Waals surface area contributed by atoms with Crippen molar-refractivity contribution in [2.75, 3.05) is 18.2 Å². The Morgan fingerprint density at radius 2 is 2.00 bits per heavy atom. The van der Waals surface area contributed by atoms with E-state index in [-0.39, 0.29) is 0 Å². The number of pyridine rings is 1. The van der Waals surface area contributed by atoms with E-state index in [0.717, 1.165) is 22.2 Å². The first-order chi connectivity index (χ1) is 13.6. The molecule has 0 fully saturated rings. The maximum absolute atomic E-state index is 5.91. The monoisotopic (exact) mass is 374 g/mol. The highest BCUT2D eigenvalue weighted by Crippen LogP contribution is 2.32. The largest absolute Gasteiger partial charge is 0.495 e. The summed E-state index contributed by atoms with van der Waals surface area (Å²) in [6.45, 7) is 4.30. The number of nitrogens with two attached hydrogens (primary N) is 1. The SMILES string of the molecule is COc1ccc(N)cc1Nc1nccc(-c2cn(C(C)C)c3cnccc23)n1. The van der Waals surface area contributed by atoms with Crippen molar-refractivity contribution >= 4 is 28.2 Å². The number of rotatable bonds is 5. The number of hydrogen-bond acceptors (Lipinski definition) is 6. The zero-order valence-corrected chi connectivity index (χ0v) is 16.0. The Balaban J connectivity index is 1.76. The summed E-state index contributed by atoms with van der Waals surface area (Å²) in [6.07, 6.45) is 7.54. The zero-order valence-electron chi connectivity index (χ0n) is 16.0. The van der Waals surface area contributed by atoms with E-state index in [1.54, 1.807) is 31.6 Å². The maximum Gasteiger partial charge on any atom is 0.227 e. The van der Waals surface area contributed by atoms with Gasteiger partial charge in [-0.3, -0.25) is 4.98 Å². The third-order valence-corrected chi connectivity index (χ3v) is 4.59. The van der Waals surface area contributed by atoms with Gasteiger partial charge >= 0.3 is 0 Å². The molecule has 4 rings (SSSR count). The van der Waals surface area contributed by atoms with E-state index in [0.29, 0.717) is 29.1 Å². The average Bonchev–Trinajstić information content (AvgIpc) is 3.08. The molecule has 0 aliphatic rings. The molecule has 28 heavy (non-hydrogen) atoms. The molecule has 3 N–H and O–H groups in total. The molecule has 0 bridgehead atoms. The summed E-state index contributed by atoms with van der Waals surface area (Å²) in [7, 11) is 1.61. The number of nitrogen functional groups attached to an aromatic ring is 1. The molecule has 3 aromatic heterocycles. The van der Waals surface area contributed by atoms with Gasteiger partial charge in [0.15, 0.2) is 0 Å². The number of nitrogens with zero attached hydrogens (tertiary/aromatic N) is 4. The van der Waals surface area contributed by atoms with Crippen LogP contribution in [0.2, 0.25) is 0 Å². The lowest BCUT2D eigenvalue weighted by molar-refractivity contribution is 0.417. The molecule has 3 heterocycles. The Labute approximate surface area is 163 Å². The van der Waals surface area contributed by atoms with Crippen molar-refractivity contribution in [3.8, 4) is 17.0 Å². The molecular formula is C21H22N6O. The van der Waals surface area contributed by atoms with Crippen molar-refractivity contribution in [2.45, 2.75) is 19.9 Å². The van der Waals surface area contributed by atoms with Crippen LogP contribution in [-0.4, -0.2) is 26.6 Å². The summed E-state index contributed by atoms with van der Waals surface area (Å²) < 4.78 is 7.59. The van der Waals surface area contributed by atoms with E-state index in [1.165, 1.54) is 0 Å². The molecule has 0 aliphatic carbocycles. The van der Waals surface area contributed by atoms with Crippen molar-refractivity contribution in [1.82, 2.24) is 19.5 Å². The molecule has 0 saturated heterocycles. The van der Waals surface area contributed by atoms with E-state index in [1.807, 2.05) is 24.4 Å². The molecule has 0 saturated carbocycles. The second-order valence-electron chi connectivity index (χ2n) is 6.79. The fourth-order valence-corrected chi connectivity index (χ4v) is 3.24. The van der Waals surface area contributed by atoms with E-state index < -0.39 is 0 Å². The highest BCUT2D eigenvalue weighted by Gasteiger charge is 2.14. The molecule has 0 atom stereocenters. The number of anilines is 3. The van der Waals surface area contributed by atoms with Crippen molar-refractivity contribution in [3.05, 3.63) is 55.1 Å². The number of aromatic nitrogens is 4. The van der Waals surface area contributed by atoms with Crippen LogP contribution in [0.5, 0.6) is 5.75 Å². The summed E-state index contributed by atoms with van der Waals surface area (Å²) in [5.74, 6) is 1.14. The van der Waals surface area contributed by atoms with Gasteiger partial charge in [-0.1, -0.05) is 0 Å². The number of fused-ring (bicyclic) bond motifs is 1. The Morgan fingerprint density at radius 1 is 1.14 bits per heavy atom. The Kier molecular flexibility index (Phi) is 4.57. The van der Waals surface area contributed by atoms with E-state index in [4.69, 9.17) is 15.5 Å². The molecule has 142 valence electrons. The molecule has 1 aromatic carbocycles. The summed E-state index contributed by atoms with van der Waals surface area (Å²) in [5, 5.41) is 4.31. The quantitative estimate of drug-likeness (QED) is 0.503. The summed E-state index contributed by atoms with van der Waals surface area (Å²) >= 11 is 0. The van der Waals surface area contributed by atoms with Crippen LogP contribution in [0.25, 0.3) is 22.2 Å². The van der Waals surface area contributed by atoms with Crippen molar-refractivity contribution in [1.29, 1.82) is 0 Å². The lowest BCUT2D eigenvalue weighted by Gasteiger charge is -2.11. The van der Waals surface area contributed by atoms with Crippen LogP contribution in [0.4, 0.5) is 17.3 Å². The molecule has 7 nitrogen and oxygen atoms in total. The number of methoxy groups -OCH3 is 1. The fourth-order valence-electron chi connectivity index (χ4n) is 3.24. The first-order valence-corrected chi connectivity index (χ1v) is 9.05. The summed E-state index contributed by atoms with van der Waals surface area (Å²) in [5.41, 5.74) is 10.2. The van der Waals surface area contributed by atoms with Gasteiger partial charge in [0.1, 0.15) is 5.75 Å². The van der Waals surface area contributed by atoms with Crippen LogP contribution in [0.1, 0.15) is 19.9 Å². The van der Waals surface area contributed by atoms with Gasteiger partial charge in [-0.25, -0.2) is 9.97 Å². The second-order valence-corrected chi connectivity index (χ2v) is 6.79. The minimum Gasteiger partial charge on any atom is -0.495 e. The standard InChI is InChI=1S/C21H22N6O/c1-13(2)27-12-16(15-6-8-23-11-19(15)27)17-7-9-24-21(25-17)26-18-10-14(22)4-5-20(18)28-3/h4-13H,22H2,1-3H3,(H,24,25,26). The van der Waals surface area contributed by atoms with Crippen LogP contribution in [0.15, 0.2) is 55.1 Å². The third-order valence-electron chi connectivity index (χ3n) is 4.59. The molecule has 4 aromatic rings. The van der Waals surface area contributed by atoms with E-state index in [2.05, 4.69) is 39.9 Å². The lowest BCUT2D eigenvalue weighted by Crippen LogP contribution is -2.01. The predicted octanol–water partition coefficient (Wildman–Crippen LogP) is 4.41. The molecule has 0 aliphatic heterocycles. The van der Waals surface area contributed by atoms with E-state index >= 15 is 0 Å². The fraction of sp³-hybridized carbons (Fsp3) is 0.190. The highest BCUT2D eigenvalue weighted by molar-refractivity contribution is 5.94. The third kappa shape index (κ3) is 3.22. The second kappa shape index (κ2) is 7.19. The summed E-state index contributed by atoms with van der Waals surface area (Å²) in [6, 6.07) is 9.63. The molecule has 0 unspecified atom stereocenters. The van der Waals surface area contributed by atoms with Gasteiger partial charge in [-0.15, -0.1) is 0 Å². The first-order valence-electron chi connectivity index (χ1n) is 9.05. The Morgan fingerprint density at radius 3 is 2.79 bits per heavy atom. The van der Waals surface area contributed by atoms with Gasteiger partial charge in [-0.05, 0) is 44.2 Å². The molecule has 0 radical (unpaired) electrons. The number of ether oxygens (including phenoxy) is 1. The average molecular weight is 374 g/mol. The molecule has 0 spiro atoms. The minimum atomic E-state index is 0.316. The molecule has 7 heteroatoms. The van der Waals surface area contributed by atoms with Crippen LogP contribution >= 0.6 is 0 Å². The van der Waals surface area contributed by atoms with Crippen LogP contribution in [-0.2, 0) is 0 Å². The number of hydrogen-bond donors (Lipinski definition) is 2. The van der Waals surface area contributed by atoms with E-state index in [9.17, 15) is 0 Å². The predicted molar refractivity (Wildman–Crippen MR) is 112 cm³/mol. The molecule has 0 amide bonds. The van der Waals surface area contributed by atoms with Crippen molar-refractivity contribution in [3.63, 3.8) is 0 Å². The zero-order chi connectivity index (χ0) is 19.7. The van der Waals surface area contributed by atoms with Gasteiger partial charge in [0.2, 0.25) is 5.95 Å². The van der Waals surface area contributed by atoms with Crippen LogP contribution < -0.4 is 15.8 Å². The topological polar surface area (TPSA) is 90.9 Å². The lowest BCUT2D eigenvalue weighted by atomic mass is 10.1. The summed E-state index contributed by atoms with van der Waals surface area (Å²) in [4.78, 5) is 13.3. The van der Waals surface area contributed by atoms with Gasteiger partial charge < -0.3 is 20.4 Å². The normalized spacial score (nSPS) is 11.1. The first kappa shape index (κ1) is 17.8. The van der Waals surface area contributed by atoms with Crippen LogP contribution in [0.3, 0.4) is 0 Å². The van der Waals surface area contributed by atoms with Gasteiger partial charge in [0, 0.05) is 41.3 Å².